The van der Waals surface area contributed by atoms with Crippen LogP contribution in [0.1, 0.15) is 58.9 Å². The maximum atomic E-state index is 10.4. The van der Waals surface area contributed by atoms with Gasteiger partial charge in [-0.15, -0.1) is 17.1 Å². The number of hydrogen-bond donors (Lipinski definition) is 4. The van der Waals surface area contributed by atoms with Crippen LogP contribution in [-0.2, 0) is 6.42 Å². The van der Waals surface area contributed by atoms with E-state index in [9.17, 15) is 10.2 Å². The molecule has 5 N–H and O–H groups in total. The van der Waals surface area contributed by atoms with Crippen LogP contribution < -0.4 is 15.4 Å². The van der Waals surface area contributed by atoms with Crippen molar-refractivity contribution in [3.05, 3.63) is 59.7 Å². The lowest BCUT2D eigenvalue weighted by atomic mass is 9.95. The smallest absolute Gasteiger partial charge is 0.196 e. The van der Waals surface area contributed by atoms with Crippen LogP contribution in [0.5, 0.6) is 11.5 Å². The average Bonchev–Trinajstić information content (AvgIpc) is 3.55. The van der Waals surface area contributed by atoms with Gasteiger partial charge in [-0.2, -0.15) is 0 Å². The topological polar surface area (TPSA) is 98.9 Å². The van der Waals surface area contributed by atoms with Gasteiger partial charge in [0, 0.05) is 19.5 Å². The maximum Gasteiger partial charge on any atom is 0.196 e. The van der Waals surface area contributed by atoms with Crippen molar-refractivity contribution in [2.45, 2.75) is 78.0 Å². The number of aliphatic hydroxyl groups is 3. The van der Waals surface area contributed by atoms with Crippen LogP contribution in [0, 0.1) is 17.9 Å². The van der Waals surface area contributed by atoms with Crippen molar-refractivity contribution in [3.8, 4) is 11.5 Å². The van der Waals surface area contributed by atoms with E-state index >= 15 is 0 Å². The standard InChI is InChI=1S/C30H45N3O4/c1-5-7-8-25-12-13-26(37-25)11-9-23-10-14-29(35)30(15-23)36-20-28(32-6-2)27-16-24(19-33-27)21(3)17-31-18-22(4)34/h10,12-16,19,21-22,25,28,31-32,34,37H,5-9,11,17-18,20H2,1-4H3/p+1. The first-order chi connectivity index (χ1) is 17.9. The minimum Gasteiger partial charge on any atom is -0.504 e. The van der Waals surface area contributed by atoms with Crippen LogP contribution in [0.15, 0.2) is 47.1 Å². The zero-order chi connectivity index (χ0) is 26.6. The lowest BCUT2D eigenvalue weighted by molar-refractivity contribution is -0.0480. The molecule has 2 aliphatic rings. The Kier molecular flexibility index (Phi) is 11.9. The predicted octanol–water partition coefficient (Wildman–Crippen LogP) is 4.02. The number of phenolic OH excluding ortho intramolecular Hbond substituents is 1. The summed E-state index contributed by atoms with van der Waals surface area (Å²) in [6.45, 7) is 10.7. The highest BCUT2D eigenvalue weighted by Gasteiger charge is 2.32. The number of nitrogens with zero attached hydrogens (tertiary/aromatic N) is 1. The molecule has 0 saturated heterocycles. The van der Waals surface area contributed by atoms with Gasteiger partial charge in [-0.05, 0) is 57.4 Å². The number of hydrogen-bond acceptors (Lipinski definition) is 6. The molecule has 2 heterocycles. The molecule has 0 saturated carbocycles. The van der Waals surface area contributed by atoms with E-state index in [0.29, 0.717) is 25.0 Å². The third-order valence-corrected chi connectivity index (χ3v) is 6.74. The number of phenols is 1. The normalized spacial score (nSPS) is 19.4. The largest absolute Gasteiger partial charge is 0.504 e. The first kappa shape index (κ1) is 29.1. The second kappa shape index (κ2) is 15.1. The summed E-state index contributed by atoms with van der Waals surface area (Å²) in [6, 6.07) is 5.52. The van der Waals surface area contributed by atoms with Crippen molar-refractivity contribution in [2.75, 3.05) is 26.2 Å². The van der Waals surface area contributed by atoms with E-state index in [4.69, 9.17) is 9.47 Å². The maximum absolute atomic E-state index is 10.4. The van der Waals surface area contributed by atoms with Gasteiger partial charge in [-0.1, -0.05) is 26.3 Å². The summed E-state index contributed by atoms with van der Waals surface area (Å²) in [7, 11) is 0. The van der Waals surface area contributed by atoms with Crippen LogP contribution in [-0.4, -0.2) is 65.7 Å². The molecule has 3 rings (SSSR count). The Morgan fingerprint density at radius 2 is 2.08 bits per heavy atom. The molecular formula is C30H46N3O4+. The molecule has 37 heavy (non-hydrogen) atoms. The summed E-state index contributed by atoms with van der Waals surface area (Å²) in [4.78, 5) is 4.65. The van der Waals surface area contributed by atoms with Crippen LogP contribution >= 0.6 is 0 Å². The van der Waals surface area contributed by atoms with E-state index in [1.165, 1.54) is 12.8 Å². The van der Waals surface area contributed by atoms with Crippen LogP contribution in [0.4, 0.5) is 0 Å². The predicted molar refractivity (Wildman–Crippen MR) is 151 cm³/mol. The number of allylic oxidation sites excluding steroid dienone is 1. The molecule has 0 aromatic heterocycles. The molecular weight excluding hydrogens is 466 g/mol. The number of likely N-dealkylation sites (N-methyl/N-ethyl adjacent to an activating group) is 1. The number of aliphatic hydroxyl groups excluding tert-OH is 1. The quantitative estimate of drug-likeness (QED) is 0.187. The number of benzene rings is 1. The first-order valence-corrected chi connectivity index (χ1v) is 13.8. The van der Waals surface area contributed by atoms with Crippen molar-refractivity contribution >= 4 is 6.21 Å². The molecule has 1 aromatic rings. The molecule has 0 aliphatic carbocycles. The SMILES string of the molecule is CCCCC1C=C[C-](CCc2ccc(O)c(OCC(NCC)C3=C[C+](C(C)CNCC(C)O)C=N3)c2)[OH+]1. The number of aromatic hydroxyl groups is 1. The molecule has 2 aliphatic heterocycles. The van der Waals surface area contributed by atoms with E-state index in [2.05, 4.69) is 54.6 Å². The Morgan fingerprint density at radius 1 is 1.24 bits per heavy atom. The number of unbranched alkanes of at least 4 members (excludes halogenated alkanes) is 1. The van der Waals surface area contributed by atoms with Crippen molar-refractivity contribution in [2.24, 2.45) is 10.9 Å². The summed E-state index contributed by atoms with van der Waals surface area (Å²) in [6.07, 6.45) is 14.8. The molecule has 0 fully saturated rings. The molecule has 0 amide bonds. The highest BCUT2D eigenvalue weighted by atomic mass is 16.5. The molecule has 1 aromatic carbocycles. The van der Waals surface area contributed by atoms with E-state index < -0.39 is 0 Å². The van der Waals surface area contributed by atoms with Gasteiger partial charge in [0.1, 0.15) is 30.9 Å². The molecule has 0 spiro atoms. The molecule has 0 radical (unpaired) electrons. The summed E-state index contributed by atoms with van der Waals surface area (Å²) in [5, 5.41) is 26.6. The number of nitrogens with one attached hydrogen (secondary N) is 2. The Balaban J connectivity index is 1.52. The summed E-state index contributed by atoms with van der Waals surface area (Å²) in [5.41, 5.74) is 2.05. The van der Waals surface area contributed by atoms with Crippen LogP contribution in [0.25, 0.3) is 0 Å². The zero-order valence-electron chi connectivity index (χ0n) is 22.9. The average molecular weight is 513 g/mol. The summed E-state index contributed by atoms with van der Waals surface area (Å²) in [5.74, 6) is 2.07. The van der Waals surface area contributed by atoms with Gasteiger partial charge in [0.15, 0.2) is 23.2 Å². The Morgan fingerprint density at radius 3 is 2.84 bits per heavy atom. The van der Waals surface area contributed by atoms with Gasteiger partial charge in [0.2, 0.25) is 0 Å². The first-order valence-electron chi connectivity index (χ1n) is 13.8. The van der Waals surface area contributed by atoms with Crippen molar-refractivity contribution in [3.63, 3.8) is 0 Å². The lowest BCUT2D eigenvalue weighted by Crippen LogP contribution is -2.35. The van der Waals surface area contributed by atoms with Gasteiger partial charge in [0.25, 0.3) is 0 Å². The van der Waals surface area contributed by atoms with Crippen molar-refractivity contribution < 1.29 is 19.7 Å². The van der Waals surface area contributed by atoms with E-state index in [0.717, 1.165) is 55.6 Å². The fourth-order valence-corrected chi connectivity index (χ4v) is 4.49. The third-order valence-electron chi connectivity index (χ3n) is 6.74. The second-order valence-electron chi connectivity index (χ2n) is 10.1. The van der Waals surface area contributed by atoms with Crippen molar-refractivity contribution in [1.29, 1.82) is 0 Å². The van der Waals surface area contributed by atoms with Gasteiger partial charge in [0.05, 0.1) is 18.1 Å². The summed E-state index contributed by atoms with van der Waals surface area (Å²) < 4.78 is 10.9. The highest BCUT2D eigenvalue weighted by molar-refractivity contribution is 5.83. The number of aryl methyl sites for hydroxylation is 1. The second-order valence-corrected chi connectivity index (χ2v) is 10.1. The fourth-order valence-electron chi connectivity index (χ4n) is 4.49. The van der Waals surface area contributed by atoms with Crippen molar-refractivity contribution in [1.82, 2.24) is 10.6 Å². The Hall–Kier alpha value is -2.45. The molecule has 4 unspecified atom stereocenters. The number of rotatable bonds is 17. The minimum atomic E-state index is -0.359. The molecule has 7 heteroatoms. The summed E-state index contributed by atoms with van der Waals surface area (Å²) >= 11 is 0. The van der Waals surface area contributed by atoms with Gasteiger partial charge < -0.3 is 25.0 Å². The third kappa shape index (κ3) is 9.42. The van der Waals surface area contributed by atoms with E-state index in [1.807, 2.05) is 18.3 Å². The van der Waals surface area contributed by atoms with E-state index in [1.54, 1.807) is 13.0 Å². The fraction of sp³-hybridized carbons (Fsp3) is 0.567. The monoisotopic (exact) mass is 512 g/mol. The number of ether oxygens (including phenoxy) is 2. The number of aliphatic imine (C=N–C) groups is 1. The molecule has 0 bridgehead atoms. The minimum absolute atomic E-state index is 0.0857. The van der Waals surface area contributed by atoms with Crippen LogP contribution in [0.2, 0.25) is 0 Å². The molecule has 7 nitrogen and oxygen atoms in total. The Bertz CT molecular complexity index is 914. The Labute approximate surface area is 223 Å². The molecule has 4 atom stereocenters. The van der Waals surface area contributed by atoms with Gasteiger partial charge in [-0.3, -0.25) is 5.32 Å². The lowest BCUT2D eigenvalue weighted by Gasteiger charge is -2.18. The van der Waals surface area contributed by atoms with Crippen LogP contribution in [0.3, 0.4) is 0 Å². The van der Waals surface area contributed by atoms with Gasteiger partial charge >= 0.3 is 0 Å². The zero-order valence-corrected chi connectivity index (χ0v) is 22.9. The van der Waals surface area contributed by atoms with Gasteiger partial charge in [-0.25, -0.2) is 0 Å². The van der Waals surface area contributed by atoms with E-state index in [-0.39, 0.29) is 23.8 Å². The highest BCUT2D eigenvalue weighted by Crippen LogP contribution is 2.30. The molecule has 204 valence electrons.